The predicted octanol–water partition coefficient (Wildman–Crippen LogP) is 4.30. The van der Waals surface area contributed by atoms with Crippen LogP contribution in [-0.2, 0) is 0 Å². The third-order valence-corrected chi connectivity index (χ3v) is 5.08. The van der Waals surface area contributed by atoms with Gasteiger partial charge in [0.2, 0.25) is 5.78 Å². The molecule has 0 aliphatic heterocycles. The summed E-state index contributed by atoms with van der Waals surface area (Å²) in [6.07, 6.45) is 7.91. The molecule has 2 aromatic heterocycles. The van der Waals surface area contributed by atoms with Crippen molar-refractivity contribution in [2.45, 2.75) is 39.2 Å². The first-order chi connectivity index (χ1) is 11.1. The van der Waals surface area contributed by atoms with Crippen molar-refractivity contribution in [1.82, 2.24) is 9.97 Å². The molecule has 0 aromatic carbocycles. The number of nitrogens with zero attached hydrogens (tertiary/aromatic N) is 2. The van der Waals surface area contributed by atoms with E-state index in [0.717, 1.165) is 23.2 Å². The Morgan fingerprint density at radius 3 is 2.96 bits per heavy atom. The second-order valence-electron chi connectivity index (χ2n) is 6.20. The first-order valence-corrected chi connectivity index (χ1v) is 8.73. The number of hydrogen-bond acceptors (Lipinski definition) is 5. The molecule has 0 unspecified atom stereocenters. The monoisotopic (exact) mass is 377 g/mol. The number of carbonyl (C=O) groups excluding carboxylic acids is 1. The van der Waals surface area contributed by atoms with Gasteiger partial charge in [-0.2, -0.15) is 0 Å². The highest BCUT2D eigenvalue weighted by Crippen LogP contribution is 2.35. The third kappa shape index (κ3) is 3.47. The summed E-state index contributed by atoms with van der Waals surface area (Å²) in [5.41, 5.74) is 0.446. The van der Waals surface area contributed by atoms with E-state index in [1.54, 1.807) is 12.3 Å². The van der Waals surface area contributed by atoms with Crippen molar-refractivity contribution in [3.63, 3.8) is 0 Å². The van der Waals surface area contributed by atoms with Crippen LogP contribution in [-0.4, -0.2) is 21.8 Å². The van der Waals surface area contributed by atoms with Crippen molar-refractivity contribution in [3.8, 4) is 0 Å². The van der Waals surface area contributed by atoms with Gasteiger partial charge in [0, 0.05) is 18.3 Å². The lowest BCUT2D eigenvalue weighted by molar-refractivity contribution is 0.101. The number of nitrogens with one attached hydrogen (secondary N) is 1. The summed E-state index contributed by atoms with van der Waals surface area (Å²) in [6.45, 7) is 4.53. The number of hydrogen-bond donors (Lipinski definition) is 1. The van der Waals surface area contributed by atoms with Gasteiger partial charge in [0.15, 0.2) is 5.76 Å². The van der Waals surface area contributed by atoms with Crippen molar-refractivity contribution in [3.05, 3.63) is 40.7 Å². The topological polar surface area (TPSA) is 68.0 Å². The van der Waals surface area contributed by atoms with E-state index in [4.69, 9.17) is 4.42 Å². The fraction of sp³-hybridized carbons (Fsp3) is 0.471. The van der Waals surface area contributed by atoms with Gasteiger partial charge in [-0.1, -0.05) is 20.3 Å². The number of rotatable bonds is 5. The SMILES string of the molecule is CC[C@H]1C[C@@H](Nc2ncncc2C(=O)c2cc(Br)co2)C[C@@H]1C. The van der Waals surface area contributed by atoms with Gasteiger partial charge in [0.1, 0.15) is 18.4 Å². The third-order valence-electron chi connectivity index (χ3n) is 4.66. The molecule has 3 rings (SSSR count). The molecule has 3 atom stereocenters. The Kier molecular flexibility index (Phi) is 4.80. The Hall–Kier alpha value is -1.69. The number of halogens is 1. The van der Waals surface area contributed by atoms with Crippen molar-refractivity contribution >= 4 is 27.5 Å². The van der Waals surface area contributed by atoms with Crippen molar-refractivity contribution in [2.24, 2.45) is 11.8 Å². The quantitative estimate of drug-likeness (QED) is 0.786. The van der Waals surface area contributed by atoms with E-state index < -0.39 is 0 Å². The predicted molar refractivity (Wildman–Crippen MR) is 91.5 cm³/mol. The van der Waals surface area contributed by atoms with Gasteiger partial charge >= 0.3 is 0 Å². The Morgan fingerprint density at radius 2 is 2.30 bits per heavy atom. The first-order valence-electron chi connectivity index (χ1n) is 7.93. The summed E-state index contributed by atoms with van der Waals surface area (Å²) in [7, 11) is 0. The number of furan rings is 1. The molecule has 2 heterocycles. The molecule has 122 valence electrons. The minimum Gasteiger partial charge on any atom is -0.460 e. The van der Waals surface area contributed by atoms with Crippen molar-refractivity contribution in [1.29, 1.82) is 0 Å². The lowest BCUT2D eigenvalue weighted by Gasteiger charge is -2.15. The maximum atomic E-state index is 12.6. The molecule has 0 spiro atoms. The lowest BCUT2D eigenvalue weighted by Crippen LogP contribution is -2.19. The summed E-state index contributed by atoms with van der Waals surface area (Å²) >= 11 is 3.29. The van der Waals surface area contributed by atoms with Crippen LogP contribution >= 0.6 is 15.9 Å². The van der Waals surface area contributed by atoms with Gasteiger partial charge in [-0.05, 0) is 40.6 Å². The molecule has 6 heteroatoms. The standard InChI is InChI=1S/C17H20BrN3O2/c1-3-11-5-13(4-10(11)2)21-17-14(7-19-9-20-17)16(22)15-6-12(18)8-23-15/h6-11,13H,3-5H2,1-2H3,(H,19,20,21)/t10-,11-,13-/m0/s1. The largest absolute Gasteiger partial charge is 0.460 e. The molecule has 0 bridgehead atoms. The molecule has 0 radical (unpaired) electrons. The maximum absolute atomic E-state index is 12.6. The minimum absolute atomic E-state index is 0.211. The Balaban J connectivity index is 1.80. The van der Waals surface area contributed by atoms with Crippen LogP contribution < -0.4 is 5.32 Å². The average Bonchev–Trinajstić information content (AvgIpc) is 3.13. The molecule has 23 heavy (non-hydrogen) atoms. The summed E-state index contributed by atoms with van der Waals surface area (Å²) in [5, 5.41) is 3.44. The Morgan fingerprint density at radius 1 is 1.48 bits per heavy atom. The molecular weight excluding hydrogens is 358 g/mol. The molecular formula is C17H20BrN3O2. The smallest absolute Gasteiger partial charge is 0.233 e. The fourth-order valence-electron chi connectivity index (χ4n) is 3.39. The van der Waals surface area contributed by atoms with E-state index in [9.17, 15) is 4.79 Å². The number of carbonyl (C=O) groups is 1. The van der Waals surface area contributed by atoms with E-state index in [2.05, 4.69) is 45.1 Å². The van der Waals surface area contributed by atoms with Crippen LogP contribution in [0.25, 0.3) is 0 Å². The summed E-state index contributed by atoms with van der Waals surface area (Å²) < 4.78 is 6.02. The van der Waals surface area contributed by atoms with Gasteiger partial charge in [-0.3, -0.25) is 4.79 Å². The molecule has 1 saturated carbocycles. The van der Waals surface area contributed by atoms with Crippen LogP contribution in [0.15, 0.2) is 33.7 Å². The van der Waals surface area contributed by atoms with Gasteiger partial charge in [-0.15, -0.1) is 0 Å². The normalized spacial score (nSPS) is 23.9. The molecule has 1 N–H and O–H groups in total. The highest BCUT2D eigenvalue weighted by atomic mass is 79.9. The minimum atomic E-state index is -0.211. The maximum Gasteiger partial charge on any atom is 0.233 e. The Bertz CT molecular complexity index is 701. The van der Waals surface area contributed by atoms with Gasteiger partial charge < -0.3 is 9.73 Å². The van der Waals surface area contributed by atoms with E-state index in [1.165, 1.54) is 19.0 Å². The van der Waals surface area contributed by atoms with Crippen molar-refractivity contribution < 1.29 is 9.21 Å². The highest BCUT2D eigenvalue weighted by molar-refractivity contribution is 9.10. The molecule has 1 aliphatic rings. The van der Waals surface area contributed by atoms with E-state index >= 15 is 0 Å². The second-order valence-corrected chi connectivity index (χ2v) is 7.12. The van der Waals surface area contributed by atoms with Crippen LogP contribution in [0.2, 0.25) is 0 Å². The molecule has 1 fully saturated rings. The molecule has 2 aromatic rings. The number of ketones is 1. The Labute approximate surface area is 144 Å². The number of anilines is 1. The number of aromatic nitrogens is 2. The zero-order valence-corrected chi connectivity index (χ0v) is 14.8. The summed E-state index contributed by atoms with van der Waals surface area (Å²) in [5.74, 6) is 2.08. The van der Waals surface area contributed by atoms with Crippen molar-refractivity contribution in [2.75, 3.05) is 5.32 Å². The van der Waals surface area contributed by atoms with E-state index in [-0.39, 0.29) is 11.5 Å². The van der Waals surface area contributed by atoms with Crippen LogP contribution in [0.3, 0.4) is 0 Å². The highest BCUT2D eigenvalue weighted by Gasteiger charge is 2.31. The zero-order valence-electron chi connectivity index (χ0n) is 13.3. The fourth-order valence-corrected chi connectivity index (χ4v) is 3.69. The molecule has 5 nitrogen and oxygen atoms in total. The summed E-state index contributed by atoms with van der Waals surface area (Å²) in [4.78, 5) is 20.9. The molecule has 0 saturated heterocycles. The van der Waals surface area contributed by atoms with Gasteiger partial charge in [0.25, 0.3) is 0 Å². The second kappa shape index (κ2) is 6.83. The van der Waals surface area contributed by atoms with Crippen LogP contribution in [0.5, 0.6) is 0 Å². The van der Waals surface area contributed by atoms with Gasteiger partial charge in [-0.25, -0.2) is 9.97 Å². The van der Waals surface area contributed by atoms with Crippen LogP contribution in [0.4, 0.5) is 5.82 Å². The zero-order chi connectivity index (χ0) is 16.4. The van der Waals surface area contributed by atoms with Crippen LogP contribution in [0.1, 0.15) is 49.2 Å². The lowest BCUT2D eigenvalue weighted by atomic mass is 9.96. The summed E-state index contributed by atoms with van der Waals surface area (Å²) in [6, 6.07) is 2.00. The van der Waals surface area contributed by atoms with Crippen LogP contribution in [0, 0.1) is 11.8 Å². The van der Waals surface area contributed by atoms with E-state index in [0.29, 0.717) is 23.3 Å². The average molecular weight is 378 g/mol. The van der Waals surface area contributed by atoms with Gasteiger partial charge in [0.05, 0.1) is 10.0 Å². The first kappa shape index (κ1) is 16.2. The molecule has 1 aliphatic carbocycles. The van der Waals surface area contributed by atoms with E-state index in [1.807, 2.05) is 0 Å². The molecule has 0 amide bonds.